The average Bonchev–Trinajstić information content (AvgIpc) is 2.31. The Morgan fingerprint density at radius 2 is 1.93 bits per heavy atom. The largest absolute Gasteiger partial charge is 0.249 e. The molecule has 0 N–H and O–H groups in total. The van der Waals surface area contributed by atoms with E-state index in [0.717, 1.165) is 5.03 Å². The molecule has 0 atom stereocenters. The summed E-state index contributed by atoms with van der Waals surface area (Å²) in [5, 5.41) is 1.09. The van der Waals surface area contributed by atoms with Crippen molar-refractivity contribution in [3.63, 3.8) is 0 Å². The highest BCUT2D eigenvalue weighted by Crippen LogP contribution is 2.41. The van der Waals surface area contributed by atoms with Crippen LogP contribution in [-0.4, -0.2) is 9.73 Å². The number of hydrogen-bond acceptors (Lipinski definition) is 3. The smallest absolute Gasteiger partial charge is 0.106 e. The Kier molecular flexibility index (Phi) is 7.97. The Hall–Kier alpha value is -0.150. The summed E-state index contributed by atoms with van der Waals surface area (Å²) >= 11 is 0. The van der Waals surface area contributed by atoms with Crippen molar-refractivity contribution >= 4 is 21.6 Å². The van der Waals surface area contributed by atoms with Gasteiger partial charge in [0.15, 0.2) is 0 Å². The van der Waals surface area contributed by atoms with Crippen molar-refractivity contribution in [1.29, 1.82) is 0 Å². The van der Waals surface area contributed by atoms with Crippen LogP contribution in [0.1, 0.15) is 41.0 Å². The first-order valence-corrected chi connectivity index (χ1v) is 7.56. The van der Waals surface area contributed by atoms with E-state index in [0.29, 0.717) is 4.75 Å². The first kappa shape index (κ1) is 14.8. The molecule has 0 unspecified atom stereocenters. The molecule has 0 aliphatic heterocycles. The van der Waals surface area contributed by atoms with Gasteiger partial charge in [0, 0.05) is 10.9 Å². The monoisotopic (exact) mass is 243 g/mol. The molecule has 0 aromatic carbocycles. The summed E-state index contributed by atoms with van der Waals surface area (Å²) in [6.45, 7) is 10.7. The Balaban J connectivity index is 0.000000921. The van der Waals surface area contributed by atoms with Gasteiger partial charge in [-0.3, -0.25) is 0 Å². The Morgan fingerprint density at radius 1 is 1.27 bits per heavy atom. The summed E-state index contributed by atoms with van der Waals surface area (Å²) in [5.41, 5.74) is 0. The lowest BCUT2D eigenvalue weighted by molar-refractivity contribution is 0.690. The van der Waals surface area contributed by atoms with Crippen LogP contribution in [0.2, 0.25) is 0 Å². The minimum atomic E-state index is 0.336. The minimum Gasteiger partial charge on any atom is -0.249 e. The Morgan fingerprint density at radius 3 is 2.40 bits per heavy atom. The number of aromatic nitrogens is 1. The maximum absolute atomic E-state index is 4.26. The summed E-state index contributed by atoms with van der Waals surface area (Å²) < 4.78 is 0.336. The van der Waals surface area contributed by atoms with Crippen molar-refractivity contribution < 1.29 is 0 Å². The third kappa shape index (κ3) is 6.85. The van der Waals surface area contributed by atoms with E-state index in [9.17, 15) is 0 Å². The molecule has 0 radical (unpaired) electrons. The molecule has 0 amide bonds. The number of hydrogen-bond donors (Lipinski definition) is 0. The lowest BCUT2D eigenvalue weighted by Gasteiger charge is -2.20. The molecule has 0 saturated carbocycles. The third-order valence-corrected chi connectivity index (χ3v) is 5.19. The predicted octanol–water partition coefficient (Wildman–Crippen LogP) is 5.04. The van der Waals surface area contributed by atoms with Crippen LogP contribution >= 0.6 is 21.6 Å². The van der Waals surface area contributed by atoms with Crippen LogP contribution in [0.3, 0.4) is 0 Å². The van der Waals surface area contributed by atoms with Gasteiger partial charge in [-0.2, -0.15) is 0 Å². The number of nitrogens with zero attached hydrogens (tertiary/aromatic N) is 1. The van der Waals surface area contributed by atoms with Gasteiger partial charge in [0.1, 0.15) is 5.03 Å². The molecular formula is C12H21NS2. The van der Waals surface area contributed by atoms with Gasteiger partial charge in [0.05, 0.1) is 0 Å². The fourth-order valence-corrected chi connectivity index (χ4v) is 2.86. The van der Waals surface area contributed by atoms with Crippen LogP contribution in [0, 0.1) is 0 Å². The molecule has 0 saturated heterocycles. The van der Waals surface area contributed by atoms with E-state index in [1.807, 2.05) is 49.0 Å². The second kappa shape index (κ2) is 8.05. The number of rotatable bonds is 4. The first-order chi connectivity index (χ1) is 7.14. The van der Waals surface area contributed by atoms with Crippen LogP contribution in [0.5, 0.6) is 0 Å². The van der Waals surface area contributed by atoms with Gasteiger partial charge in [0.2, 0.25) is 0 Å². The third-order valence-electron chi connectivity index (χ3n) is 1.84. The molecule has 1 aromatic rings. The molecule has 1 aromatic heterocycles. The van der Waals surface area contributed by atoms with Crippen molar-refractivity contribution in [3.8, 4) is 0 Å². The average molecular weight is 243 g/mol. The molecule has 0 spiro atoms. The van der Waals surface area contributed by atoms with E-state index < -0.39 is 0 Å². The van der Waals surface area contributed by atoms with Crippen LogP contribution in [0.4, 0.5) is 0 Å². The molecule has 0 aliphatic rings. The first-order valence-electron chi connectivity index (χ1n) is 5.41. The fraction of sp³-hybridized carbons (Fsp3) is 0.583. The van der Waals surface area contributed by atoms with Gasteiger partial charge in [0.25, 0.3) is 0 Å². The van der Waals surface area contributed by atoms with Crippen molar-refractivity contribution in [2.45, 2.75) is 50.8 Å². The zero-order chi connectivity index (χ0) is 11.7. The van der Waals surface area contributed by atoms with Crippen LogP contribution in [0.25, 0.3) is 0 Å². The van der Waals surface area contributed by atoms with E-state index in [1.54, 1.807) is 10.8 Å². The molecule has 3 heteroatoms. The molecule has 1 heterocycles. The van der Waals surface area contributed by atoms with Gasteiger partial charge in [-0.1, -0.05) is 37.6 Å². The highest BCUT2D eigenvalue weighted by molar-refractivity contribution is 8.77. The highest BCUT2D eigenvalue weighted by atomic mass is 33.1. The standard InChI is InChI=1S/C10H15NS2.C2H6/c1-4-10(2,3)13-12-9-7-5-6-8-11-9;1-2/h5-8H,4H2,1-3H3;1-2H3. The van der Waals surface area contributed by atoms with Crippen LogP contribution < -0.4 is 0 Å². The summed E-state index contributed by atoms with van der Waals surface area (Å²) in [5.74, 6) is 0. The summed E-state index contributed by atoms with van der Waals surface area (Å²) in [6.07, 6.45) is 3.01. The summed E-state index contributed by atoms with van der Waals surface area (Å²) in [6, 6.07) is 6.01. The molecule has 0 bridgehead atoms. The minimum absolute atomic E-state index is 0.336. The quantitative estimate of drug-likeness (QED) is 0.688. The topological polar surface area (TPSA) is 12.9 Å². The molecular weight excluding hydrogens is 222 g/mol. The maximum Gasteiger partial charge on any atom is 0.106 e. The second-order valence-corrected chi connectivity index (χ2v) is 6.30. The Labute approximate surface area is 102 Å². The second-order valence-electron chi connectivity index (χ2n) is 3.45. The zero-order valence-corrected chi connectivity index (χ0v) is 11.9. The van der Waals surface area contributed by atoms with E-state index >= 15 is 0 Å². The summed E-state index contributed by atoms with van der Waals surface area (Å²) in [7, 11) is 3.64. The lowest BCUT2D eigenvalue weighted by Crippen LogP contribution is -2.10. The van der Waals surface area contributed by atoms with Gasteiger partial charge >= 0.3 is 0 Å². The van der Waals surface area contributed by atoms with Gasteiger partial charge in [-0.05, 0) is 43.2 Å². The predicted molar refractivity (Wildman–Crippen MR) is 73.4 cm³/mol. The van der Waals surface area contributed by atoms with Crippen molar-refractivity contribution in [3.05, 3.63) is 24.4 Å². The molecule has 15 heavy (non-hydrogen) atoms. The van der Waals surface area contributed by atoms with E-state index in [2.05, 4.69) is 25.8 Å². The highest BCUT2D eigenvalue weighted by Gasteiger charge is 2.16. The Bertz CT molecular complexity index is 247. The summed E-state index contributed by atoms with van der Waals surface area (Å²) in [4.78, 5) is 4.26. The molecule has 0 aliphatic carbocycles. The SMILES string of the molecule is CC.CCC(C)(C)SSc1ccccn1. The lowest BCUT2D eigenvalue weighted by atomic mass is 10.1. The van der Waals surface area contributed by atoms with E-state index in [1.165, 1.54) is 6.42 Å². The van der Waals surface area contributed by atoms with Gasteiger partial charge in [-0.25, -0.2) is 4.98 Å². The number of pyridine rings is 1. The maximum atomic E-state index is 4.26. The van der Waals surface area contributed by atoms with Crippen molar-refractivity contribution in [2.24, 2.45) is 0 Å². The van der Waals surface area contributed by atoms with Crippen LogP contribution in [0.15, 0.2) is 29.4 Å². The fourth-order valence-electron chi connectivity index (χ4n) is 0.611. The van der Waals surface area contributed by atoms with Crippen molar-refractivity contribution in [2.75, 3.05) is 0 Å². The van der Waals surface area contributed by atoms with E-state index in [-0.39, 0.29) is 0 Å². The van der Waals surface area contributed by atoms with Crippen LogP contribution in [-0.2, 0) is 0 Å². The zero-order valence-electron chi connectivity index (χ0n) is 10.3. The van der Waals surface area contributed by atoms with Gasteiger partial charge < -0.3 is 0 Å². The van der Waals surface area contributed by atoms with E-state index in [4.69, 9.17) is 0 Å². The van der Waals surface area contributed by atoms with Gasteiger partial charge in [-0.15, -0.1) is 0 Å². The molecule has 1 rings (SSSR count). The van der Waals surface area contributed by atoms with Crippen molar-refractivity contribution in [1.82, 2.24) is 4.98 Å². The molecule has 0 fully saturated rings. The molecule has 1 nitrogen and oxygen atoms in total. The normalized spacial score (nSPS) is 10.5. The molecule has 86 valence electrons.